The number of H-pyrrole nitrogens is 1. The van der Waals surface area contributed by atoms with Crippen LogP contribution in [0.15, 0.2) is 47.3 Å². The molecule has 206 valence electrons. The summed E-state index contributed by atoms with van der Waals surface area (Å²) in [5, 5.41) is 13.6. The lowest BCUT2D eigenvalue weighted by Crippen LogP contribution is -2.30. The van der Waals surface area contributed by atoms with Crippen LogP contribution in [0.4, 0.5) is 0 Å². The molecule has 10 nitrogen and oxygen atoms in total. The van der Waals surface area contributed by atoms with E-state index in [1.807, 2.05) is 54.1 Å². The van der Waals surface area contributed by atoms with Crippen LogP contribution in [-0.2, 0) is 19.5 Å². The van der Waals surface area contributed by atoms with Crippen molar-refractivity contribution in [2.75, 3.05) is 27.4 Å². The summed E-state index contributed by atoms with van der Waals surface area (Å²) in [5.41, 5.74) is 2.48. The normalized spacial score (nSPS) is 13.8. The monoisotopic (exact) mass is 532 g/mol. The molecule has 0 amide bonds. The Morgan fingerprint density at radius 3 is 2.62 bits per heavy atom. The highest BCUT2D eigenvalue weighted by molar-refractivity contribution is 5.80. The molecule has 1 saturated carbocycles. The van der Waals surface area contributed by atoms with Gasteiger partial charge in [0.25, 0.3) is 5.56 Å². The number of hydrogen-bond donors (Lipinski definition) is 1. The highest BCUT2D eigenvalue weighted by atomic mass is 16.5. The molecular weight excluding hydrogens is 496 g/mol. The number of methoxy groups -OCH3 is 2. The lowest BCUT2D eigenvalue weighted by molar-refractivity contribution is 0.243. The summed E-state index contributed by atoms with van der Waals surface area (Å²) in [6.07, 6.45) is 5.34. The first kappa shape index (κ1) is 26.7. The first-order valence-corrected chi connectivity index (χ1v) is 13.6. The molecule has 0 aliphatic heterocycles. The lowest BCUT2D eigenvalue weighted by atomic mass is 10.1. The number of rotatable bonds is 12. The van der Waals surface area contributed by atoms with Crippen LogP contribution < -0.4 is 19.8 Å². The third-order valence-electron chi connectivity index (χ3n) is 7.36. The van der Waals surface area contributed by atoms with E-state index in [1.165, 1.54) is 12.8 Å². The molecule has 2 heterocycles. The molecule has 0 radical (unpaired) electrons. The molecule has 10 heteroatoms. The van der Waals surface area contributed by atoms with Gasteiger partial charge in [0.05, 0.1) is 33.4 Å². The van der Waals surface area contributed by atoms with E-state index in [-0.39, 0.29) is 5.56 Å². The standard InChI is InChI=1S/C29H36N6O4/c1-4-39-24-10-11-25-21(17-24)16-22(29(36)30-25)18-34(14-13-20-9-12-26(37-2)27(15-20)38-3)19-28-31-32-33-35(28)23-7-5-6-8-23/h9-12,15-17,23H,4-8,13-14,18-19H2,1-3H3,(H,30,36). The molecule has 1 aliphatic carbocycles. The Kier molecular flexibility index (Phi) is 8.41. The van der Waals surface area contributed by atoms with Crippen molar-refractivity contribution in [1.29, 1.82) is 0 Å². The van der Waals surface area contributed by atoms with E-state index >= 15 is 0 Å². The van der Waals surface area contributed by atoms with Crippen molar-refractivity contribution in [2.45, 2.75) is 58.2 Å². The minimum absolute atomic E-state index is 0.0989. The maximum atomic E-state index is 13.1. The highest BCUT2D eigenvalue weighted by Crippen LogP contribution is 2.30. The topological polar surface area (TPSA) is 107 Å². The molecule has 5 rings (SSSR count). The van der Waals surface area contributed by atoms with Gasteiger partial charge in [0.15, 0.2) is 17.3 Å². The number of nitrogens with zero attached hydrogens (tertiary/aromatic N) is 5. The van der Waals surface area contributed by atoms with Gasteiger partial charge >= 0.3 is 0 Å². The number of nitrogens with one attached hydrogen (secondary N) is 1. The second-order valence-corrected chi connectivity index (χ2v) is 9.93. The molecule has 1 fully saturated rings. The fraction of sp³-hybridized carbons (Fsp3) is 0.448. The molecule has 4 aromatic rings. The fourth-order valence-corrected chi connectivity index (χ4v) is 5.33. The van der Waals surface area contributed by atoms with Gasteiger partial charge in [-0.05, 0) is 78.6 Å². The van der Waals surface area contributed by atoms with E-state index in [1.54, 1.807) is 14.2 Å². The number of benzene rings is 2. The number of hydrogen-bond acceptors (Lipinski definition) is 8. The van der Waals surface area contributed by atoms with E-state index in [0.717, 1.165) is 47.3 Å². The molecule has 39 heavy (non-hydrogen) atoms. The largest absolute Gasteiger partial charge is 0.494 e. The van der Waals surface area contributed by atoms with Crippen molar-refractivity contribution in [3.8, 4) is 17.2 Å². The quantitative estimate of drug-likeness (QED) is 0.288. The Balaban J connectivity index is 1.42. The van der Waals surface area contributed by atoms with Gasteiger partial charge in [0.1, 0.15) is 5.75 Å². The van der Waals surface area contributed by atoms with Crippen molar-refractivity contribution in [3.63, 3.8) is 0 Å². The first-order valence-electron chi connectivity index (χ1n) is 13.6. The van der Waals surface area contributed by atoms with Crippen molar-refractivity contribution in [3.05, 3.63) is 69.8 Å². The summed E-state index contributed by atoms with van der Waals surface area (Å²) in [4.78, 5) is 18.4. The van der Waals surface area contributed by atoms with Gasteiger partial charge in [-0.15, -0.1) is 5.10 Å². The summed E-state index contributed by atoms with van der Waals surface area (Å²) >= 11 is 0. The van der Waals surface area contributed by atoms with E-state index in [0.29, 0.717) is 49.3 Å². The molecule has 1 N–H and O–H groups in total. The summed E-state index contributed by atoms with van der Waals surface area (Å²) < 4.78 is 18.5. The van der Waals surface area contributed by atoms with E-state index in [4.69, 9.17) is 14.2 Å². The van der Waals surface area contributed by atoms with Crippen LogP contribution in [0.3, 0.4) is 0 Å². The summed E-state index contributed by atoms with van der Waals surface area (Å²) in [6.45, 7) is 4.23. The lowest BCUT2D eigenvalue weighted by Gasteiger charge is -2.23. The van der Waals surface area contributed by atoms with Crippen molar-refractivity contribution in [2.24, 2.45) is 0 Å². The zero-order chi connectivity index (χ0) is 27.2. The Hall–Kier alpha value is -3.92. The third-order valence-corrected chi connectivity index (χ3v) is 7.36. The molecule has 0 unspecified atom stereocenters. The van der Waals surface area contributed by atoms with Gasteiger partial charge in [0.2, 0.25) is 0 Å². The predicted octanol–water partition coefficient (Wildman–Crippen LogP) is 4.29. The first-order chi connectivity index (χ1) is 19.1. The molecule has 0 spiro atoms. The highest BCUT2D eigenvalue weighted by Gasteiger charge is 2.23. The van der Waals surface area contributed by atoms with Gasteiger partial charge in [-0.2, -0.15) is 0 Å². The maximum Gasteiger partial charge on any atom is 0.252 e. The molecule has 2 aromatic heterocycles. The van der Waals surface area contributed by atoms with E-state index in [9.17, 15) is 4.79 Å². The van der Waals surface area contributed by atoms with Crippen LogP contribution in [-0.4, -0.2) is 57.5 Å². The summed E-state index contributed by atoms with van der Waals surface area (Å²) in [5.74, 6) is 3.00. The van der Waals surface area contributed by atoms with Crippen molar-refractivity contribution in [1.82, 2.24) is 30.1 Å². The zero-order valence-corrected chi connectivity index (χ0v) is 22.9. The van der Waals surface area contributed by atoms with Gasteiger partial charge in [-0.25, -0.2) is 4.68 Å². The summed E-state index contributed by atoms with van der Waals surface area (Å²) in [7, 11) is 3.27. The average Bonchev–Trinajstić information content (AvgIpc) is 3.64. The van der Waals surface area contributed by atoms with Gasteiger partial charge < -0.3 is 19.2 Å². The molecule has 1 aliphatic rings. The fourth-order valence-electron chi connectivity index (χ4n) is 5.33. The number of aromatic nitrogens is 5. The Labute approximate surface area is 227 Å². The van der Waals surface area contributed by atoms with Crippen molar-refractivity contribution < 1.29 is 14.2 Å². The van der Waals surface area contributed by atoms with Crippen LogP contribution in [0.2, 0.25) is 0 Å². The van der Waals surface area contributed by atoms with Crippen LogP contribution in [0.25, 0.3) is 10.9 Å². The zero-order valence-electron chi connectivity index (χ0n) is 22.9. The second kappa shape index (κ2) is 12.3. The predicted molar refractivity (Wildman–Crippen MR) is 148 cm³/mol. The molecular formula is C29H36N6O4. The second-order valence-electron chi connectivity index (χ2n) is 9.93. The number of fused-ring (bicyclic) bond motifs is 1. The number of aromatic amines is 1. The van der Waals surface area contributed by atoms with Crippen LogP contribution in [0.5, 0.6) is 17.2 Å². The average molecular weight is 533 g/mol. The number of tetrazole rings is 1. The molecule has 0 atom stereocenters. The SMILES string of the molecule is CCOc1ccc2[nH]c(=O)c(CN(CCc3ccc(OC)c(OC)c3)Cc3nnnn3C3CCCC3)cc2c1. The third kappa shape index (κ3) is 6.22. The van der Waals surface area contributed by atoms with E-state index < -0.39 is 0 Å². The minimum Gasteiger partial charge on any atom is -0.494 e. The Morgan fingerprint density at radius 2 is 1.85 bits per heavy atom. The molecule has 2 aromatic carbocycles. The smallest absolute Gasteiger partial charge is 0.252 e. The minimum atomic E-state index is -0.0989. The Morgan fingerprint density at radius 1 is 1.03 bits per heavy atom. The number of ether oxygens (including phenoxy) is 3. The van der Waals surface area contributed by atoms with Gasteiger partial charge in [0, 0.05) is 29.6 Å². The van der Waals surface area contributed by atoms with E-state index in [2.05, 4.69) is 25.4 Å². The molecule has 0 saturated heterocycles. The summed E-state index contributed by atoms with van der Waals surface area (Å²) in [6, 6.07) is 14.0. The number of pyridine rings is 1. The van der Waals surface area contributed by atoms with Crippen LogP contribution in [0.1, 0.15) is 55.6 Å². The van der Waals surface area contributed by atoms with Crippen LogP contribution in [0, 0.1) is 0 Å². The van der Waals surface area contributed by atoms with Gasteiger partial charge in [-0.1, -0.05) is 18.9 Å². The molecule has 0 bridgehead atoms. The Bertz CT molecular complexity index is 1460. The maximum absolute atomic E-state index is 13.1. The van der Waals surface area contributed by atoms with Crippen LogP contribution >= 0.6 is 0 Å². The van der Waals surface area contributed by atoms with Gasteiger partial charge in [-0.3, -0.25) is 9.69 Å². The van der Waals surface area contributed by atoms with Crippen molar-refractivity contribution >= 4 is 10.9 Å².